The number of carbonyl (C=O) groups excluding carboxylic acids is 2. The van der Waals surface area contributed by atoms with Gasteiger partial charge in [-0.05, 0) is 54.4 Å². The molecule has 0 aliphatic carbocycles. The van der Waals surface area contributed by atoms with Crippen molar-refractivity contribution in [1.29, 1.82) is 0 Å². The molecule has 1 aliphatic heterocycles. The second-order valence-corrected chi connectivity index (χ2v) is 5.52. The number of aryl methyl sites for hydroxylation is 1. The lowest BCUT2D eigenvalue weighted by atomic mass is 10.1. The number of benzene rings is 1. The molecule has 0 bridgehead atoms. The zero-order valence-corrected chi connectivity index (χ0v) is 12.4. The number of amides is 2. The summed E-state index contributed by atoms with van der Waals surface area (Å²) in [4.78, 5) is 25.4. The van der Waals surface area contributed by atoms with Crippen molar-refractivity contribution in [3.8, 4) is 0 Å². The average molecular weight is 329 g/mol. The van der Waals surface area contributed by atoms with Crippen LogP contribution in [0.2, 0.25) is 0 Å². The van der Waals surface area contributed by atoms with Gasteiger partial charge in [-0.3, -0.25) is 14.5 Å². The van der Waals surface area contributed by atoms with Crippen LogP contribution in [0.3, 0.4) is 0 Å². The predicted molar refractivity (Wildman–Crippen MR) is 73.4 cm³/mol. The smallest absolute Gasteiger partial charge is 0.250 e. The number of hydrogen-bond acceptors (Lipinski definition) is 2. The zero-order valence-electron chi connectivity index (χ0n) is 10.8. The number of hydrogen-bond donors (Lipinski definition) is 1. The van der Waals surface area contributed by atoms with Gasteiger partial charge in [-0.1, -0.05) is 0 Å². The molecule has 1 aliphatic rings. The lowest BCUT2D eigenvalue weighted by Gasteiger charge is -2.36. The fourth-order valence-corrected chi connectivity index (χ4v) is 2.59. The molecule has 0 aromatic heterocycles. The van der Waals surface area contributed by atoms with Crippen LogP contribution in [0.5, 0.6) is 0 Å². The maximum absolute atomic E-state index is 13.7. The molecule has 2 unspecified atom stereocenters. The minimum atomic E-state index is -0.650. The topological polar surface area (TPSA) is 49.4 Å². The molecule has 0 saturated carbocycles. The monoisotopic (exact) mass is 328 g/mol. The Labute approximate surface area is 119 Å². The Morgan fingerprint density at radius 1 is 1.32 bits per heavy atom. The number of nitrogens with zero attached hydrogens (tertiary/aromatic N) is 1. The largest absolute Gasteiger partial charge is 0.343 e. The Morgan fingerprint density at radius 3 is 2.58 bits per heavy atom. The van der Waals surface area contributed by atoms with Crippen molar-refractivity contribution in [2.75, 3.05) is 4.90 Å². The summed E-state index contributed by atoms with van der Waals surface area (Å²) < 4.78 is 14.0. The van der Waals surface area contributed by atoms with E-state index in [9.17, 15) is 14.0 Å². The molecule has 1 N–H and O–H groups in total. The number of rotatable bonds is 1. The summed E-state index contributed by atoms with van der Waals surface area (Å²) in [5, 5.41) is 2.59. The highest BCUT2D eigenvalue weighted by Gasteiger charge is 2.37. The average Bonchev–Trinajstić information content (AvgIpc) is 2.33. The summed E-state index contributed by atoms with van der Waals surface area (Å²) in [5.41, 5.74) is 1.16. The molecule has 2 atom stereocenters. The van der Waals surface area contributed by atoms with Gasteiger partial charge in [0, 0.05) is 0 Å². The van der Waals surface area contributed by atoms with Crippen LogP contribution >= 0.6 is 15.9 Å². The van der Waals surface area contributed by atoms with Crippen LogP contribution in [-0.4, -0.2) is 23.9 Å². The van der Waals surface area contributed by atoms with E-state index in [0.717, 1.165) is 5.56 Å². The van der Waals surface area contributed by atoms with Gasteiger partial charge < -0.3 is 5.32 Å². The highest BCUT2D eigenvalue weighted by atomic mass is 79.9. The van der Waals surface area contributed by atoms with Gasteiger partial charge in [0.15, 0.2) is 0 Å². The molecule has 0 radical (unpaired) electrons. The number of carbonyl (C=O) groups is 2. The third-order valence-corrected chi connectivity index (χ3v) is 3.84. The molecule has 0 spiro atoms. The predicted octanol–water partition coefficient (Wildman–Crippen LogP) is 2.14. The summed E-state index contributed by atoms with van der Waals surface area (Å²) in [6.07, 6.45) is 0. The van der Waals surface area contributed by atoms with E-state index < -0.39 is 17.9 Å². The summed E-state index contributed by atoms with van der Waals surface area (Å²) in [6.45, 7) is 5.01. The van der Waals surface area contributed by atoms with Gasteiger partial charge in [0.1, 0.15) is 17.9 Å². The molecule has 6 heteroatoms. The SMILES string of the molecule is Cc1cc(Br)c(F)cc1N1C(=O)C(C)NC(=O)C1C. The highest BCUT2D eigenvalue weighted by Crippen LogP contribution is 2.29. The maximum atomic E-state index is 13.7. The molecule has 1 heterocycles. The molecule has 19 heavy (non-hydrogen) atoms. The lowest BCUT2D eigenvalue weighted by molar-refractivity contribution is -0.133. The van der Waals surface area contributed by atoms with Gasteiger partial charge in [0.05, 0.1) is 10.2 Å². The second kappa shape index (κ2) is 4.92. The minimum Gasteiger partial charge on any atom is -0.343 e. The van der Waals surface area contributed by atoms with Gasteiger partial charge in [0.25, 0.3) is 0 Å². The molecule has 4 nitrogen and oxygen atoms in total. The molecule has 2 amide bonds. The highest BCUT2D eigenvalue weighted by molar-refractivity contribution is 9.10. The summed E-state index contributed by atoms with van der Waals surface area (Å²) in [7, 11) is 0. The summed E-state index contributed by atoms with van der Waals surface area (Å²) in [5.74, 6) is -0.939. The standard InChI is InChI=1S/C13H14BrFN2O2/c1-6-4-9(14)10(15)5-11(6)17-8(3)12(18)16-7(2)13(17)19/h4-5,7-8H,1-3H3,(H,16,18). The first-order chi connectivity index (χ1) is 8.82. The van der Waals surface area contributed by atoms with Crippen LogP contribution in [0.4, 0.5) is 10.1 Å². The zero-order chi connectivity index (χ0) is 14.3. The molecule has 1 saturated heterocycles. The van der Waals surface area contributed by atoms with E-state index in [1.54, 1.807) is 26.8 Å². The van der Waals surface area contributed by atoms with E-state index in [4.69, 9.17) is 0 Å². The number of piperazine rings is 1. The van der Waals surface area contributed by atoms with Crippen molar-refractivity contribution < 1.29 is 14.0 Å². The second-order valence-electron chi connectivity index (χ2n) is 4.67. The Bertz CT molecular complexity index is 562. The molecule has 102 valence electrons. The van der Waals surface area contributed by atoms with E-state index in [0.29, 0.717) is 10.2 Å². The van der Waals surface area contributed by atoms with Crippen LogP contribution in [0, 0.1) is 12.7 Å². The van der Waals surface area contributed by atoms with E-state index >= 15 is 0 Å². The summed E-state index contributed by atoms with van der Waals surface area (Å²) in [6, 6.07) is 1.62. The van der Waals surface area contributed by atoms with E-state index in [-0.39, 0.29) is 11.8 Å². The molecule has 1 fully saturated rings. The Kier molecular flexibility index (Phi) is 3.62. The fourth-order valence-electron chi connectivity index (χ4n) is 2.14. The first-order valence-electron chi connectivity index (χ1n) is 5.92. The van der Waals surface area contributed by atoms with Crippen molar-refractivity contribution in [2.45, 2.75) is 32.9 Å². The van der Waals surface area contributed by atoms with Crippen LogP contribution in [-0.2, 0) is 9.59 Å². The van der Waals surface area contributed by atoms with E-state index in [1.165, 1.54) is 11.0 Å². The van der Waals surface area contributed by atoms with Crippen molar-refractivity contribution in [2.24, 2.45) is 0 Å². The van der Waals surface area contributed by atoms with E-state index in [1.807, 2.05) is 0 Å². The number of nitrogens with one attached hydrogen (secondary N) is 1. The molecule has 1 aromatic rings. The van der Waals surface area contributed by atoms with Crippen molar-refractivity contribution in [1.82, 2.24) is 5.32 Å². The third-order valence-electron chi connectivity index (χ3n) is 3.23. The summed E-state index contributed by atoms with van der Waals surface area (Å²) >= 11 is 3.10. The Hall–Kier alpha value is -1.43. The quantitative estimate of drug-likeness (QED) is 0.858. The maximum Gasteiger partial charge on any atom is 0.250 e. The first-order valence-corrected chi connectivity index (χ1v) is 6.71. The van der Waals surface area contributed by atoms with Crippen LogP contribution in [0.25, 0.3) is 0 Å². The minimum absolute atomic E-state index is 0.239. The Morgan fingerprint density at radius 2 is 1.95 bits per heavy atom. The van der Waals surface area contributed by atoms with Crippen molar-refractivity contribution in [3.05, 3.63) is 28.0 Å². The number of halogens is 2. The van der Waals surface area contributed by atoms with Crippen LogP contribution < -0.4 is 10.2 Å². The van der Waals surface area contributed by atoms with Gasteiger partial charge in [-0.15, -0.1) is 0 Å². The van der Waals surface area contributed by atoms with Gasteiger partial charge in [0.2, 0.25) is 11.8 Å². The van der Waals surface area contributed by atoms with Crippen LogP contribution in [0.1, 0.15) is 19.4 Å². The number of anilines is 1. The first kappa shape index (κ1) is 14.0. The molecule has 1 aromatic carbocycles. The van der Waals surface area contributed by atoms with Gasteiger partial charge in [-0.25, -0.2) is 4.39 Å². The van der Waals surface area contributed by atoms with E-state index in [2.05, 4.69) is 21.2 Å². The lowest BCUT2D eigenvalue weighted by Crippen LogP contribution is -2.61. The van der Waals surface area contributed by atoms with Crippen LogP contribution in [0.15, 0.2) is 16.6 Å². The van der Waals surface area contributed by atoms with Gasteiger partial charge >= 0.3 is 0 Å². The normalized spacial score (nSPS) is 23.5. The van der Waals surface area contributed by atoms with Gasteiger partial charge in [-0.2, -0.15) is 0 Å². The Balaban J connectivity index is 2.52. The third kappa shape index (κ3) is 2.36. The molecular formula is C13H14BrFN2O2. The fraction of sp³-hybridized carbons (Fsp3) is 0.385. The van der Waals surface area contributed by atoms with Crippen molar-refractivity contribution in [3.63, 3.8) is 0 Å². The molecule has 2 rings (SSSR count). The van der Waals surface area contributed by atoms with Crippen molar-refractivity contribution >= 4 is 33.4 Å². The molecular weight excluding hydrogens is 315 g/mol.